The number of aromatic hydroxyl groups is 1. The van der Waals surface area contributed by atoms with Crippen molar-refractivity contribution in [1.82, 2.24) is 9.80 Å². The monoisotopic (exact) mass is 480 g/mol. The molecule has 186 valence electrons. The predicted molar refractivity (Wildman–Crippen MR) is 132 cm³/mol. The predicted octanol–water partition coefficient (Wildman–Crippen LogP) is 3.49. The molecule has 0 aromatic heterocycles. The molecule has 2 aliphatic rings. The van der Waals surface area contributed by atoms with Gasteiger partial charge in [-0.25, -0.2) is 0 Å². The molecule has 0 radical (unpaired) electrons. The first-order valence-corrected chi connectivity index (χ1v) is 12.0. The molecule has 2 atom stereocenters. The molecule has 2 unspecified atom stereocenters. The summed E-state index contributed by atoms with van der Waals surface area (Å²) < 4.78 is 11.0. The number of Topliss-reactive ketones (excluding diaryl/α,β-unsaturated/α-hetero) is 1. The molecule has 2 aliphatic heterocycles. The Morgan fingerprint density at radius 3 is 2.60 bits per heavy atom. The summed E-state index contributed by atoms with van der Waals surface area (Å²) in [5, 5.41) is 21.5. The van der Waals surface area contributed by atoms with E-state index in [9.17, 15) is 19.8 Å². The number of aliphatic hydroxyl groups excluding tert-OH is 1. The first-order valence-electron chi connectivity index (χ1n) is 12.0. The second-order valence-electron chi connectivity index (χ2n) is 8.91. The van der Waals surface area contributed by atoms with Gasteiger partial charge in [0.15, 0.2) is 11.5 Å². The summed E-state index contributed by atoms with van der Waals surface area (Å²) in [5.41, 5.74) is 1.99. The zero-order valence-electron chi connectivity index (χ0n) is 20.6. The fraction of sp³-hybridized carbons (Fsp3) is 0.407. The molecule has 2 heterocycles. The molecule has 2 aromatic carbocycles. The zero-order valence-corrected chi connectivity index (χ0v) is 20.6. The number of likely N-dealkylation sites (tertiary alicyclic amines) is 1. The van der Waals surface area contributed by atoms with E-state index in [2.05, 4.69) is 4.90 Å². The summed E-state index contributed by atoms with van der Waals surface area (Å²) in [4.78, 5) is 30.1. The summed E-state index contributed by atoms with van der Waals surface area (Å²) >= 11 is 0. The van der Waals surface area contributed by atoms with Crippen molar-refractivity contribution in [2.24, 2.45) is 0 Å². The number of phenols is 1. The number of methoxy groups -OCH3 is 1. The molecule has 1 fully saturated rings. The highest BCUT2D eigenvalue weighted by Crippen LogP contribution is 2.42. The third-order valence-electron chi connectivity index (χ3n) is 6.78. The van der Waals surface area contributed by atoms with Crippen molar-refractivity contribution in [2.45, 2.75) is 39.3 Å². The molecule has 1 saturated heterocycles. The van der Waals surface area contributed by atoms with Gasteiger partial charge >= 0.3 is 0 Å². The van der Waals surface area contributed by atoms with Crippen LogP contribution in [0.25, 0.3) is 5.76 Å². The van der Waals surface area contributed by atoms with Crippen LogP contribution in [0.4, 0.5) is 0 Å². The van der Waals surface area contributed by atoms with Crippen molar-refractivity contribution in [3.8, 4) is 17.2 Å². The van der Waals surface area contributed by atoms with Gasteiger partial charge < -0.3 is 29.5 Å². The molecule has 0 bridgehead atoms. The van der Waals surface area contributed by atoms with Crippen molar-refractivity contribution in [3.63, 3.8) is 0 Å². The second kappa shape index (κ2) is 10.00. The Kier molecular flexibility index (Phi) is 7.03. The van der Waals surface area contributed by atoms with E-state index in [1.54, 1.807) is 24.3 Å². The van der Waals surface area contributed by atoms with Gasteiger partial charge in [-0.05, 0) is 61.5 Å². The van der Waals surface area contributed by atoms with Gasteiger partial charge in [-0.2, -0.15) is 0 Å². The highest BCUT2D eigenvalue weighted by atomic mass is 16.5. The van der Waals surface area contributed by atoms with Crippen molar-refractivity contribution in [1.29, 1.82) is 0 Å². The fourth-order valence-electron chi connectivity index (χ4n) is 4.84. The van der Waals surface area contributed by atoms with Gasteiger partial charge in [0.2, 0.25) is 0 Å². The normalized spacial score (nSPS) is 20.9. The van der Waals surface area contributed by atoms with Gasteiger partial charge in [0.25, 0.3) is 11.7 Å². The number of hydrogen-bond donors (Lipinski definition) is 2. The number of hydrogen-bond acceptors (Lipinski definition) is 7. The third-order valence-corrected chi connectivity index (χ3v) is 6.78. The van der Waals surface area contributed by atoms with Crippen LogP contribution in [-0.2, 0) is 16.0 Å². The Bertz CT molecular complexity index is 1170. The van der Waals surface area contributed by atoms with Crippen LogP contribution in [0.15, 0.2) is 42.0 Å². The molecule has 0 spiro atoms. The van der Waals surface area contributed by atoms with Crippen LogP contribution in [0.2, 0.25) is 0 Å². The summed E-state index contributed by atoms with van der Waals surface area (Å²) in [7, 11) is 1.43. The molecule has 8 nitrogen and oxygen atoms in total. The van der Waals surface area contributed by atoms with Crippen LogP contribution in [0.5, 0.6) is 17.2 Å². The van der Waals surface area contributed by atoms with Crippen molar-refractivity contribution in [3.05, 3.63) is 58.7 Å². The van der Waals surface area contributed by atoms with Crippen molar-refractivity contribution < 1.29 is 29.3 Å². The number of benzene rings is 2. The van der Waals surface area contributed by atoms with Gasteiger partial charge in [0.05, 0.1) is 18.7 Å². The summed E-state index contributed by atoms with van der Waals surface area (Å²) in [6, 6.07) is 9.18. The van der Waals surface area contributed by atoms with E-state index in [-0.39, 0.29) is 28.9 Å². The van der Waals surface area contributed by atoms with Crippen LogP contribution in [0.3, 0.4) is 0 Å². The van der Waals surface area contributed by atoms with E-state index >= 15 is 0 Å². The molecule has 0 saturated carbocycles. The van der Waals surface area contributed by atoms with Crippen molar-refractivity contribution in [2.75, 3.05) is 33.3 Å². The molecule has 1 amide bonds. The number of rotatable bonds is 8. The van der Waals surface area contributed by atoms with Gasteiger partial charge in [0, 0.05) is 25.1 Å². The van der Waals surface area contributed by atoms with E-state index in [0.29, 0.717) is 30.6 Å². The molecule has 2 N–H and O–H groups in total. The van der Waals surface area contributed by atoms with Crippen LogP contribution in [0, 0.1) is 0 Å². The van der Waals surface area contributed by atoms with Crippen LogP contribution >= 0.6 is 0 Å². The average Bonchev–Trinajstić information content (AvgIpc) is 3.35. The standard InChI is InChI=1S/C27H32N2O6/c1-5-28(6-2)11-12-29-24(17-7-9-20(30)22(15-17)34-4)23(26(32)27(29)33)25(31)18-8-10-21-19(14-18)13-16(3)35-21/h7-10,14-16,24,30-31H,5-6,11-13H2,1-4H3/b25-23+. The Balaban J connectivity index is 1.81. The maximum Gasteiger partial charge on any atom is 0.295 e. The molecule has 8 heteroatoms. The largest absolute Gasteiger partial charge is 0.507 e. The molecule has 35 heavy (non-hydrogen) atoms. The zero-order chi connectivity index (χ0) is 25.3. The van der Waals surface area contributed by atoms with Crippen molar-refractivity contribution >= 4 is 17.4 Å². The maximum absolute atomic E-state index is 13.3. The number of aliphatic hydroxyl groups is 1. The second-order valence-corrected chi connectivity index (χ2v) is 8.91. The minimum absolute atomic E-state index is 0.0224. The molecular weight excluding hydrogens is 448 g/mol. The van der Waals surface area contributed by atoms with E-state index in [0.717, 1.165) is 24.4 Å². The quantitative estimate of drug-likeness (QED) is 0.339. The minimum atomic E-state index is -0.816. The van der Waals surface area contributed by atoms with E-state index < -0.39 is 17.7 Å². The number of ketones is 1. The molecule has 0 aliphatic carbocycles. The highest BCUT2D eigenvalue weighted by molar-refractivity contribution is 6.46. The van der Waals surface area contributed by atoms with Gasteiger partial charge in [0.1, 0.15) is 17.6 Å². The Morgan fingerprint density at radius 2 is 1.91 bits per heavy atom. The van der Waals surface area contributed by atoms with Gasteiger partial charge in [-0.1, -0.05) is 19.9 Å². The lowest BCUT2D eigenvalue weighted by Crippen LogP contribution is -2.38. The summed E-state index contributed by atoms with van der Waals surface area (Å²) in [6.07, 6.45) is 0.741. The highest BCUT2D eigenvalue weighted by Gasteiger charge is 2.46. The summed E-state index contributed by atoms with van der Waals surface area (Å²) in [6.45, 7) is 8.57. The number of likely N-dealkylation sites (N-methyl/N-ethyl adjacent to an activating group) is 1. The Labute approximate surface area is 205 Å². The lowest BCUT2D eigenvalue weighted by molar-refractivity contribution is -0.140. The number of phenolic OH excluding ortho intramolecular Hbond substituents is 1. The lowest BCUT2D eigenvalue weighted by Gasteiger charge is -2.28. The van der Waals surface area contributed by atoms with E-state index in [1.165, 1.54) is 18.1 Å². The number of nitrogens with zero attached hydrogens (tertiary/aromatic N) is 2. The Hall–Kier alpha value is -3.52. The van der Waals surface area contributed by atoms with E-state index in [1.807, 2.05) is 26.8 Å². The van der Waals surface area contributed by atoms with Crippen LogP contribution < -0.4 is 9.47 Å². The number of carbonyl (C=O) groups is 2. The SMILES string of the molecule is CCN(CC)CCN1C(=O)C(=O)/C(=C(/O)c2ccc3c(c2)CC(C)O3)C1c1ccc(O)c(OC)c1. The molecule has 2 aromatic rings. The first kappa shape index (κ1) is 24.6. The molecule has 4 rings (SSSR count). The minimum Gasteiger partial charge on any atom is -0.507 e. The van der Waals surface area contributed by atoms with Crippen LogP contribution in [0.1, 0.15) is 43.5 Å². The third kappa shape index (κ3) is 4.58. The maximum atomic E-state index is 13.3. The Morgan fingerprint density at radius 1 is 1.17 bits per heavy atom. The number of carbonyl (C=O) groups excluding carboxylic acids is 2. The fourth-order valence-corrected chi connectivity index (χ4v) is 4.84. The van der Waals surface area contributed by atoms with E-state index in [4.69, 9.17) is 9.47 Å². The summed E-state index contributed by atoms with van der Waals surface area (Å²) in [5.74, 6) is -0.690. The average molecular weight is 481 g/mol. The number of fused-ring (bicyclic) bond motifs is 1. The number of amides is 1. The van der Waals surface area contributed by atoms with Gasteiger partial charge in [-0.15, -0.1) is 0 Å². The number of ether oxygens (including phenoxy) is 2. The van der Waals surface area contributed by atoms with Crippen LogP contribution in [-0.4, -0.2) is 71.1 Å². The lowest BCUT2D eigenvalue weighted by atomic mass is 9.94. The van der Waals surface area contributed by atoms with Gasteiger partial charge in [-0.3, -0.25) is 9.59 Å². The molecular formula is C27H32N2O6. The smallest absolute Gasteiger partial charge is 0.295 e. The topological polar surface area (TPSA) is 99.5 Å². The first-order chi connectivity index (χ1) is 16.8.